The van der Waals surface area contributed by atoms with E-state index in [9.17, 15) is 4.79 Å². The summed E-state index contributed by atoms with van der Waals surface area (Å²) in [5, 5.41) is 3.50. The molecule has 1 unspecified atom stereocenters. The van der Waals surface area contributed by atoms with Crippen molar-refractivity contribution in [3.63, 3.8) is 0 Å². The number of nitrogens with one attached hydrogen (secondary N) is 1. The Morgan fingerprint density at radius 3 is 2.84 bits per heavy atom. The maximum atomic E-state index is 12.0. The summed E-state index contributed by atoms with van der Waals surface area (Å²) in [4.78, 5) is 12.0. The third-order valence-corrected chi connectivity index (χ3v) is 3.40. The zero-order chi connectivity index (χ0) is 14.0. The number of hydrogen-bond donors (Lipinski definition) is 1. The molecule has 5 heteroatoms. The molecule has 0 aromatic heterocycles. The van der Waals surface area contributed by atoms with Crippen LogP contribution in [-0.4, -0.2) is 30.9 Å². The number of carbonyl (C=O) groups is 1. The van der Waals surface area contributed by atoms with E-state index in [1.807, 2.05) is 20.8 Å². The average molecular weight is 284 g/mol. The van der Waals surface area contributed by atoms with Crippen LogP contribution >= 0.6 is 11.6 Å². The second-order valence-electron chi connectivity index (χ2n) is 5.12. The van der Waals surface area contributed by atoms with E-state index in [1.165, 1.54) is 0 Å². The fourth-order valence-corrected chi connectivity index (χ4v) is 2.08. The summed E-state index contributed by atoms with van der Waals surface area (Å²) in [7, 11) is 0. The lowest BCUT2D eigenvalue weighted by molar-refractivity contribution is -0.137. The number of aryl methyl sites for hydroxylation is 1. The van der Waals surface area contributed by atoms with Crippen molar-refractivity contribution in [2.75, 3.05) is 13.2 Å². The Hall–Kier alpha value is -1.10. The minimum absolute atomic E-state index is 0.104. The van der Waals surface area contributed by atoms with Crippen molar-refractivity contribution in [2.24, 2.45) is 0 Å². The van der Waals surface area contributed by atoms with Gasteiger partial charge in [-0.2, -0.15) is 0 Å². The molecule has 0 spiro atoms. The van der Waals surface area contributed by atoms with E-state index in [2.05, 4.69) is 5.32 Å². The Kier molecular flexibility index (Phi) is 4.13. The molecular formula is C14H18ClNO3. The molecule has 1 saturated heterocycles. The molecule has 1 aliphatic heterocycles. The van der Waals surface area contributed by atoms with E-state index >= 15 is 0 Å². The van der Waals surface area contributed by atoms with Crippen molar-refractivity contribution in [3.8, 4) is 0 Å². The Bertz CT molecular complexity index is 488. The minimum Gasteiger partial charge on any atom is -0.349 e. The summed E-state index contributed by atoms with van der Waals surface area (Å²) in [6.07, 6.45) is -0.104. The Morgan fingerprint density at radius 2 is 2.26 bits per heavy atom. The van der Waals surface area contributed by atoms with Crippen molar-refractivity contribution >= 4 is 17.5 Å². The largest absolute Gasteiger partial charge is 0.349 e. The third-order valence-electron chi connectivity index (χ3n) is 2.98. The summed E-state index contributed by atoms with van der Waals surface area (Å²) < 4.78 is 11.1. The highest BCUT2D eigenvalue weighted by molar-refractivity contribution is 6.31. The Labute approximate surface area is 118 Å². The first-order valence-corrected chi connectivity index (χ1v) is 6.61. The maximum absolute atomic E-state index is 12.0. The topological polar surface area (TPSA) is 47.6 Å². The number of hydrogen-bond acceptors (Lipinski definition) is 3. The summed E-state index contributed by atoms with van der Waals surface area (Å²) >= 11 is 5.93. The standard InChI is InChI=1S/C14H18ClNO3/c1-9-6-10(4-5-12(9)15)13(17)16-7-11-8-18-14(2,3)19-11/h4-6,11H,7-8H2,1-3H3,(H,16,17). The van der Waals surface area contributed by atoms with Crippen LogP contribution in [0.25, 0.3) is 0 Å². The fraction of sp³-hybridized carbons (Fsp3) is 0.500. The minimum atomic E-state index is -0.563. The van der Waals surface area contributed by atoms with Crippen LogP contribution in [0.1, 0.15) is 29.8 Å². The SMILES string of the molecule is Cc1cc(C(=O)NCC2COC(C)(C)O2)ccc1Cl. The Morgan fingerprint density at radius 1 is 1.53 bits per heavy atom. The normalized spacial score (nSPS) is 21.4. The van der Waals surface area contributed by atoms with Gasteiger partial charge < -0.3 is 14.8 Å². The van der Waals surface area contributed by atoms with E-state index < -0.39 is 5.79 Å². The molecule has 1 aromatic carbocycles. The third kappa shape index (κ3) is 3.69. The zero-order valence-electron chi connectivity index (χ0n) is 11.3. The van der Waals surface area contributed by atoms with Crippen molar-refractivity contribution in [2.45, 2.75) is 32.7 Å². The highest BCUT2D eigenvalue weighted by atomic mass is 35.5. The summed E-state index contributed by atoms with van der Waals surface area (Å²) in [5.41, 5.74) is 1.48. The van der Waals surface area contributed by atoms with Crippen LogP contribution in [0.15, 0.2) is 18.2 Å². The number of amides is 1. The first-order valence-electron chi connectivity index (χ1n) is 6.23. The predicted molar refractivity (Wildman–Crippen MR) is 73.4 cm³/mol. The molecular weight excluding hydrogens is 266 g/mol. The molecule has 0 bridgehead atoms. The average Bonchev–Trinajstić information content (AvgIpc) is 2.69. The van der Waals surface area contributed by atoms with Gasteiger partial charge in [0.15, 0.2) is 5.79 Å². The number of carbonyl (C=O) groups excluding carboxylic acids is 1. The highest BCUT2D eigenvalue weighted by Gasteiger charge is 2.32. The highest BCUT2D eigenvalue weighted by Crippen LogP contribution is 2.22. The van der Waals surface area contributed by atoms with Gasteiger partial charge in [-0.3, -0.25) is 4.79 Å². The molecule has 1 aromatic rings. The molecule has 2 rings (SSSR count). The molecule has 19 heavy (non-hydrogen) atoms. The van der Waals surface area contributed by atoms with Gasteiger partial charge in [0.25, 0.3) is 5.91 Å². The molecule has 1 aliphatic rings. The second kappa shape index (κ2) is 5.49. The predicted octanol–water partition coefficient (Wildman–Crippen LogP) is 2.53. The van der Waals surface area contributed by atoms with Crippen LogP contribution in [-0.2, 0) is 9.47 Å². The molecule has 1 N–H and O–H groups in total. The van der Waals surface area contributed by atoms with E-state index in [-0.39, 0.29) is 12.0 Å². The summed E-state index contributed by atoms with van der Waals surface area (Å²) in [6, 6.07) is 5.21. The van der Waals surface area contributed by atoms with Crippen molar-refractivity contribution in [1.29, 1.82) is 0 Å². The molecule has 0 saturated carbocycles. The van der Waals surface area contributed by atoms with Gasteiger partial charge in [0.05, 0.1) is 6.61 Å². The van der Waals surface area contributed by atoms with Crippen molar-refractivity contribution < 1.29 is 14.3 Å². The second-order valence-corrected chi connectivity index (χ2v) is 5.53. The van der Waals surface area contributed by atoms with Crippen molar-refractivity contribution in [1.82, 2.24) is 5.32 Å². The van der Waals surface area contributed by atoms with E-state index in [4.69, 9.17) is 21.1 Å². The molecule has 104 valence electrons. The molecule has 0 radical (unpaired) electrons. The van der Waals surface area contributed by atoms with Gasteiger partial charge in [-0.05, 0) is 44.5 Å². The smallest absolute Gasteiger partial charge is 0.251 e. The van der Waals surface area contributed by atoms with Gasteiger partial charge in [0, 0.05) is 17.1 Å². The first-order chi connectivity index (χ1) is 8.87. The lowest BCUT2D eigenvalue weighted by Gasteiger charge is -2.17. The van der Waals surface area contributed by atoms with Gasteiger partial charge in [0.2, 0.25) is 0 Å². The fourth-order valence-electron chi connectivity index (χ4n) is 1.96. The van der Waals surface area contributed by atoms with Crippen LogP contribution in [0.4, 0.5) is 0 Å². The van der Waals surface area contributed by atoms with Gasteiger partial charge >= 0.3 is 0 Å². The lowest BCUT2D eigenvalue weighted by atomic mass is 10.1. The number of halogens is 1. The van der Waals surface area contributed by atoms with Gasteiger partial charge in [0.1, 0.15) is 6.10 Å². The van der Waals surface area contributed by atoms with E-state index in [1.54, 1.807) is 18.2 Å². The summed E-state index contributed by atoms with van der Waals surface area (Å²) in [6.45, 7) is 6.52. The number of rotatable bonds is 3. The molecule has 1 atom stereocenters. The molecule has 1 amide bonds. The molecule has 1 heterocycles. The molecule has 4 nitrogen and oxygen atoms in total. The zero-order valence-corrected chi connectivity index (χ0v) is 12.1. The Balaban J connectivity index is 1.89. The van der Waals surface area contributed by atoms with Gasteiger partial charge in [-0.15, -0.1) is 0 Å². The van der Waals surface area contributed by atoms with Gasteiger partial charge in [-0.25, -0.2) is 0 Å². The number of benzene rings is 1. The lowest BCUT2D eigenvalue weighted by Crippen LogP contribution is -2.34. The van der Waals surface area contributed by atoms with Crippen LogP contribution in [0.5, 0.6) is 0 Å². The quantitative estimate of drug-likeness (QED) is 0.927. The molecule has 0 aliphatic carbocycles. The van der Waals surface area contributed by atoms with Gasteiger partial charge in [-0.1, -0.05) is 11.6 Å². The van der Waals surface area contributed by atoms with Crippen molar-refractivity contribution in [3.05, 3.63) is 34.3 Å². The monoisotopic (exact) mass is 283 g/mol. The van der Waals surface area contributed by atoms with Crippen LogP contribution in [0.2, 0.25) is 5.02 Å². The summed E-state index contributed by atoms with van der Waals surface area (Å²) in [5.74, 6) is -0.695. The van der Waals surface area contributed by atoms with E-state index in [0.29, 0.717) is 23.7 Å². The first kappa shape index (κ1) is 14.3. The van der Waals surface area contributed by atoms with Crippen LogP contribution < -0.4 is 5.32 Å². The number of ether oxygens (including phenoxy) is 2. The van der Waals surface area contributed by atoms with Crippen LogP contribution in [0, 0.1) is 6.92 Å². The van der Waals surface area contributed by atoms with E-state index in [0.717, 1.165) is 5.56 Å². The molecule has 1 fully saturated rings. The maximum Gasteiger partial charge on any atom is 0.251 e. The van der Waals surface area contributed by atoms with Crippen LogP contribution in [0.3, 0.4) is 0 Å².